The molecule has 1 aromatic heterocycles. The van der Waals surface area contributed by atoms with Crippen molar-refractivity contribution in [1.82, 2.24) is 20.2 Å². The third kappa shape index (κ3) is 2.04. The number of ether oxygens (including phenoxy) is 1. The molecule has 0 saturated heterocycles. The fourth-order valence-corrected chi connectivity index (χ4v) is 0.805. The smallest absolute Gasteiger partial charge is 0.154 e. The van der Waals surface area contributed by atoms with E-state index in [1.54, 1.807) is 11.8 Å². The molecular weight excluding hydrogens is 156 g/mol. The summed E-state index contributed by atoms with van der Waals surface area (Å²) in [6.07, 6.45) is 5.81. The SMILES string of the molecule is C#CCn1nnnc1CCOC. The normalized spacial score (nSPS) is 9.67. The second kappa shape index (κ2) is 4.46. The number of hydrogen-bond acceptors (Lipinski definition) is 4. The third-order valence-corrected chi connectivity index (χ3v) is 1.38. The lowest BCUT2D eigenvalue weighted by Crippen LogP contribution is -2.07. The Morgan fingerprint density at radius 3 is 3.17 bits per heavy atom. The number of rotatable bonds is 4. The van der Waals surface area contributed by atoms with Gasteiger partial charge in [0.2, 0.25) is 0 Å². The molecule has 5 nitrogen and oxygen atoms in total. The van der Waals surface area contributed by atoms with E-state index in [2.05, 4.69) is 21.4 Å². The van der Waals surface area contributed by atoms with Gasteiger partial charge in [0.15, 0.2) is 5.82 Å². The number of hydrogen-bond donors (Lipinski definition) is 0. The van der Waals surface area contributed by atoms with Crippen molar-refractivity contribution in [3.8, 4) is 12.3 Å². The van der Waals surface area contributed by atoms with Gasteiger partial charge in [-0.3, -0.25) is 0 Å². The average Bonchev–Trinajstić information content (AvgIpc) is 2.50. The summed E-state index contributed by atoms with van der Waals surface area (Å²) < 4.78 is 6.47. The molecule has 1 heterocycles. The fraction of sp³-hybridized carbons (Fsp3) is 0.571. The third-order valence-electron chi connectivity index (χ3n) is 1.38. The van der Waals surface area contributed by atoms with Crippen LogP contribution in [-0.2, 0) is 17.7 Å². The first-order chi connectivity index (χ1) is 5.88. The van der Waals surface area contributed by atoms with Crippen LogP contribution in [0.5, 0.6) is 0 Å². The van der Waals surface area contributed by atoms with E-state index in [4.69, 9.17) is 11.2 Å². The van der Waals surface area contributed by atoms with Crippen LogP contribution in [0.15, 0.2) is 0 Å². The average molecular weight is 166 g/mol. The molecule has 0 atom stereocenters. The van der Waals surface area contributed by atoms with Crippen molar-refractivity contribution in [3.05, 3.63) is 5.82 Å². The zero-order valence-corrected chi connectivity index (χ0v) is 6.90. The molecule has 0 aliphatic heterocycles. The van der Waals surface area contributed by atoms with Crippen LogP contribution in [0.2, 0.25) is 0 Å². The van der Waals surface area contributed by atoms with Gasteiger partial charge in [-0.2, -0.15) is 0 Å². The second-order valence-electron chi connectivity index (χ2n) is 2.20. The van der Waals surface area contributed by atoms with E-state index in [0.717, 1.165) is 5.82 Å². The summed E-state index contributed by atoms with van der Waals surface area (Å²) in [6, 6.07) is 0. The highest BCUT2D eigenvalue weighted by Gasteiger charge is 2.02. The molecule has 5 heteroatoms. The van der Waals surface area contributed by atoms with Gasteiger partial charge in [0.1, 0.15) is 6.54 Å². The summed E-state index contributed by atoms with van der Waals surface area (Å²) in [5.41, 5.74) is 0. The Bertz CT molecular complexity index is 275. The summed E-state index contributed by atoms with van der Waals surface area (Å²) in [5.74, 6) is 3.23. The number of methoxy groups -OCH3 is 1. The van der Waals surface area contributed by atoms with Crippen molar-refractivity contribution in [2.75, 3.05) is 13.7 Å². The van der Waals surface area contributed by atoms with Crippen LogP contribution in [0.25, 0.3) is 0 Å². The minimum absolute atomic E-state index is 0.409. The number of terminal acetylenes is 1. The van der Waals surface area contributed by atoms with Gasteiger partial charge >= 0.3 is 0 Å². The number of aromatic nitrogens is 4. The van der Waals surface area contributed by atoms with Gasteiger partial charge in [-0.15, -0.1) is 11.5 Å². The van der Waals surface area contributed by atoms with Gasteiger partial charge in [0.05, 0.1) is 6.61 Å². The van der Waals surface area contributed by atoms with Crippen LogP contribution in [0.3, 0.4) is 0 Å². The molecule has 0 aromatic carbocycles. The first-order valence-electron chi connectivity index (χ1n) is 3.56. The predicted octanol–water partition coefficient (Wildman–Crippen LogP) is -0.505. The van der Waals surface area contributed by atoms with Crippen molar-refractivity contribution in [2.45, 2.75) is 13.0 Å². The number of nitrogens with zero attached hydrogens (tertiary/aromatic N) is 4. The van der Waals surface area contributed by atoms with Crippen LogP contribution in [-0.4, -0.2) is 33.9 Å². The highest BCUT2D eigenvalue weighted by Crippen LogP contribution is 1.92. The first kappa shape index (κ1) is 8.68. The van der Waals surface area contributed by atoms with Crippen LogP contribution in [0.1, 0.15) is 5.82 Å². The van der Waals surface area contributed by atoms with Gasteiger partial charge in [0.25, 0.3) is 0 Å². The topological polar surface area (TPSA) is 52.8 Å². The first-order valence-corrected chi connectivity index (χ1v) is 3.56. The van der Waals surface area contributed by atoms with E-state index in [1.165, 1.54) is 0 Å². The molecule has 0 bridgehead atoms. The molecule has 0 radical (unpaired) electrons. The number of tetrazole rings is 1. The van der Waals surface area contributed by atoms with Crippen molar-refractivity contribution in [2.24, 2.45) is 0 Å². The van der Waals surface area contributed by atoms with Gasteiger partial charge in [-0.1, -0.05) is 5.92 Å². The highest BCUT2D eigenvalue weighted by atomic mass is 16.5. The molecular formula is C7H10N4O. The monoisotopic (exact) mass is 166 g/mol. The molecule has 0 N–H and O–H groups in total. The molecule has 0 saturated carbocycles. The summed E-state index contributed by atoms with van der Waals surface area (Å²) in [6.45, 7) is 1.01. The molecule has 1 rings (SSSR count). The zero-order valence-electron chi connectivity index (χ0n) is 6.90. The summed E-state index contributed by atoms with van der Waals surface area (Å²) in [7, 11) is 1.63. The van der Waals surface area contributed by atoms with Gasteiger partial charge in [-0.25, -0.2) is 4.68 Å². The lowest BCUT2D eigenvalue weighted by molar-refractivity contribution is 0.199. The van der Waals surface area contributed by atoms with E-state index < -0.39 is 0 Å². The molecule has 0 aliphatic rings. The molecule has 1 aromatic rings. The lowest BCUT2D eigenvalue weighted by atomic mass is 10.4. The Morgan fingerprint density at radius 2 is 2.50 bits per heavy atom. The van der Waals surface area contributed by atoms with Crippen molar-refractivity contribution < 1.29 is 4.74 Å². The largest absolute Gasteiger partial charge is 0.384 e. The minimum atomic E-state index is 0.409. The fourth-order valence-electron chi connectivity index (χ4n) is 0.805. The Labute approximate surface area is 70.7 Å². The Hall–Kier alpha value is -1.41. The predicted molar refractivity (Wildman–Crippen MR) is 42.2 cm³/mol. The minimum Gasteiger partial charge on any atom is -0.384 e. The van der Waals surface area contributed by atoms with Gasteiger partial charge < -0.3 is 4.74 Å². The Kier molecular flexibility index (Phi) is 3.23. The molecule has 12 heavy (non-hydrogen) atoms. The van der Waals surface area contributed by atoms with E-state index >= 15 is 0 Å². The molecule has 0 unspecified atom stereocenters. The van der Waals surface area contributed by atoms with Gasteiger partial charge in [-0.05, 0) is 10.4 Å². The zero-order chi connectivity index (χ0) is 8.81. The quantitative estimate of drug-likeness (QED) is 0.565. The van der Waals surface area contributed by atoms with Crippen LogP contribution >= 0.6 is 0 Å². The van der Waals surface area contributed by atoms with Crippen LogP contribution in [0.4, 0.5) is 0 Å². The Morgan fingerprint density at radius 1 is 1.67 bits per heavy atom. The van der Waals surface area contributed by atoms with E-state index in [0.29, 0.717) is 19.6 Å². The van der Waals surface area contributed by atoms with E-state index in [9.17, 15) is 0 Å². The highest BCUT2D eigenvalue weighted by molar-refractivity contribution is 4.89. The molecule has 64 valence electrons. The van der Waals surface area contributed by atoms with Crippen LogP contribution < -0.4 is 0 Å². The standard InChI is InChI=1S/C7H10N4O/c1-3-5-11-7(4-6-12-2)8-9-10-11/h1H,4-6H2,2H3. The molecule has 0 spiro atoms. The maximum absolute atomic E-state index is 5.12. The Balaban J connectivity index is 2.58. The summed E-state index contributed by atoms with van der Waals surface area (Å²) in [4.78, 5) is 0. The van der Waals surface area contributed by atoms with Crippen molar-refractivity contribution in [3.63, 3.8) is 0 Å². The molecule has 0 fully saturated rings. The second-order valence-corrected chi connectivity index (χ2v) is 2.20. The molecule has 0 aliphatic carbocycles. The van der Waals surface area contributed by atoms with E-state index in [-0.39, 0.29) is 0 Å². The summed E-state index contributed by atoms with van der Waals surface area (Å²) in [5, 5.41) is 11.0. The van der Waals surface area contributed by atoms with Crippen LogP contribution in [0, 0.1) is 12.3 Å². The summed E-state index contributed by atoms with van der Waals surface area (Å²) >= 11 is 0. The maximum Gasteiger partial charge on any atom is 0.154 e. The van der Waals surface area contributed by atoms with Crippen molar-refractivity contribution >= 4 is 0 Å². The lowest BCUT2D eigenvalue weighted by Gasteiger charge is -1.98. The van der Waals surface area contributed by atoms with E-state index in [1.807, 2.05) is 0 Å². The van der Waals surface area contributed by atoms with Crippen molar-refractivity contribution in [1.29, 1.82) is 0 Å². The van der Waals surface area contributed by atoms with Gasteiger partial charge in [0, 0.05) is 13.5 Å². The maximum atomic E-state index is 5.12. The molecule has 0 amide bonds.